The molecule has 1 nitrogen and oxygen atoms in total. The number of benzene rings is 2. The Labute approximate surface area is 121 Å². The lowest BCUT2D eigenvalue weighted by molar-refractivity contribution is 0.310. The Morgan fingerprint density at radius 1 is 1.05 bits per heavy atom. The van der Waals surface area contributed by atoms with Crippen molar-refractivity contribution >= 4 is 33.0 Å². The highest BCUT2D eigenvalue weighted by molar-refractivity contribution is 7.19. The third kappa shape index (κ3) is 2.91. The van der Waals surface area contributed by atoms with Crippen LogP contribution in [-0.2, 0) is 6.61 Å². The number of halogens is 1. The Hall–Kier alpha value is -1.51. The number of fused-ring (bicyclic) bond motifs is 1. The summed E-state index contributed by atoms with van der Waals surface area (Å²) in [4.78, 5) is 1.23. The van der Waals surface area contributed by atoms with E-state index in [1.807, 2.05) is 24.3 Å². The standard InChI is InChI=1S/C16H13ClOS/c1-11-2-3-12-9-15(19-16(12)8-11)10-18-14-6-4-13(17)5-7-14/h2-9H,10H2,1H3. The Morgan fingerprint density at radius 3 is 2.63 bits per heavy atom. The smallest absolute Gasteiger partial charge is 0.122 e. The number of aryl methyl sites for hydroxylation is 1. The van der Waals surface area contributed by atoms with Gasteiger partial charge in [-0.3, -0.25) is 0 Å². The van der Waals surface area contributed by atoms with E-state index in [9.17, 15) is 0 Å². The van der Waals surface area contributed by atoms with E-state index >= 15 is 0 Å². The van der Waals surface area contributed by atoms with Crippen LogP contribution < -0.4 is 4.74 Å². The van der Waals surface area contributed by atoms with Crippen LogP contribution in [-0.4, -0.2) is 0 Å². The summed E-state index contributed by atoms with van der Waals surface area (Å²) in [5.74, 6) is 0.845. The normalized spacial score (nSPS) is 10.8. The molecule has 0 aliphatic rings. The molecular weight excluding hydrogens is 276 g/mol. The molecule has 0 aliphatic heterocycles. The molecule has 1 aromatic heterocycles. The van der Waals surface area contributed by atoms with Gasteiger partial charge in [0.05, 0.1) is 0 Å². The molecule has 0 N–H and O–H groups in total. The summed E-state index contributed by atoms with van der Waals surface area (Å²) in [7, 11) is 0. The van der Waals surface area contributed by atoms with Crippen molar-refractivity contribution in [3.63, 3.8) is 0 Å². The minimum Gasteiger partial charge on any atom is -0.488 e. The second kappa shape index (κ2) is 5.24. The lowest BCUT2D eigenvalue weighted by atomic mass is 10.2. The average Bonchev–Trinajstić information content (AvgIpc) is 2.80. The molecule has 0 saturated heterocycles. The molecule has 0 bridgehead atoms. The van der Waals surface area contributed by atoms with E-state index in [-0.39, 0.29) is 0 Å². The molecule has 0 atom stereocenters. The first kappa shape index (κ1) is 12.5. The maximum absolute atomic E-state index is 5.84. The monoisotopic (exact) mass is 288 g/mol. The van der Waals surface area contributed by atoms with Crippen LogP contribution >= 0.6 is 22.9 Å². The van der Waals surface area contributed by atoms with E-state index in [4.69, 9.17) is 16.3 Å². The highest BCUT2D eigenvalue weighted by atomic mass is 35.5. The van der Waals surface area contributed by atoms with E-state index in [1.165, 1.54) is 20.5 Å². The number of rotatable bonds is 3. The van der Waals surface area contributed by atoms with Gasteiger partial charge in [0.25, 0.3) is 0 Å². The number of hydrogen-bond donors (Lipinski definition) is 0. The van der Waals surface area contributed by atoms with Crippen molar-refractivity contribution in [1.29, 1.82) is 0 Å². The molecule has 0 aliphatic carbocycles. The Kier molecular flexibility index (Phi) is 3.45. The van der Waals surface area contributed by atoms with Crippen LogP contribution in [0.25, 0.3) is 10.1 Å². The van der Waals surface area contributed by atoms with Gasteiger partial charge >= 0.3 is 0 Å². The van der Waals surface area contributed by atoms with Gasteiger partial charge in [-0.15, -0.1) is 11.3 Å². The van der Waals surface area contributed by atoms with Crippen molar-refractivity contribution in [2.45, 2.75) is 13.5 Å². The van der Waals surface area contributed by atoms with Gasteiger partial charge < -0.3 is 4.74 Å². The third-order valence-corrected chi connectivity index (χ3v) is 4.24. The summed E-state index contributed by atoms with van der Waals surface area (Å²) in [6.07, 6.45) is 0. The van der Waals surface area contributed by atoms with Crippen LogP contribution in [0.15, 0.2) is 48.5 Å². The van der Waals surface area contributed by atoms with Gasteiger partial charge in [0, 0.05) is 14.6 Å². The SMILES string of the molecule is Cc1ccc2cc(COc3ccc(Cl)cc3)sc2c1. The van der Waals surface area contributed by atoms with E-state index in [0.717, 1.165) is 10.8 Å². The minimum atomic E-state index is 0.597. The van der Waals surface area contributed by atoms with Crippen molar-refractivity contribution in [3.8, 4) is 5.75 Å². The van der Waals surface area contributed by atoms with Crippen LogP contribution in [0.1, 0.15) is 10.4 Å². The molecular formula is C16H13ClOS. The Morgan fingerprint density at radius 2 is 1.84 bits per heavy atom. The number of ether oxygens (including phenoxy) is 1. The summed E-state index contributed by atoms with van der Waals surface area (Å²) in [6.45, 7) is 2.71. The highest BCUT2D eigenvalue weighted by Crippen LogP contribution is 2.27. The summed E-state index contributed by atoms with van der Waals surface area (Å²) in [5, 5.41) is 2.01. The van der Waals surface area contributed by atoms with Gasteiger partial charge in [0.2, 0.25) is 0 Å². The molecule has 3 rings (SSSR count). The lowest BCUT2D eigenvalue weighted by Crippen LogP contribution is -1.91. The van der Waals surface area contributed by atoms with Crippen LogP contribution in [0.5, 0.6) is 5.75 Å². The van der Waals surface area contributed by atoms with Crippen molar-refractivity contribution in [2.24, 2.45) is 0 Å². The van der Waals surface area contributed by atoms with Crippen LogP contribution in [0.2, 0.25) is 5.02 Å². The predicted molar refractivity (Wildman–Crippen MR) is 82.3 cm³/mol. The maximum atomic E-state index is 5.84. The highest BCUT2D eigenvalue weighted by Gasteiger charge is 2.03. The molecule has 0 fully saturated rings. The van der Waals surface area contributed by atoms with Gasteiger partial charge in [0.15, 0.2) is 0 Å². The van der Waals surface area contributed by atoms with Crippen molar-refractivity contribution in [3.05, 3.63) is 64.0 Å². The summed E-state index contributed by atoms with van der Waals surface area (Å²) in [6, 6.07) is 16.2. The maximum Gasteiger partial charge on any atom is 0.122 e. The molecule has 0 amide bonds. The topological polar surface area (TPSA) is 9.23 Å². The summed E-state index contributed by atoms with van der Waals surface area (Å²) >= 11 is 7.63. The van der Waals surface area contributed by atoms with Gasteiger partial charge in [-0.2, -0.15) is 0 Å². The van der Waals surface area contributed by atoms with Crippen molar-refractivity contribution < 1.29 is 4.74 Å². The van der Waals surface area contributed by atoms with E-state index in [0.29, 0.717) is 6.61 Å². The van der Waals surface area contributed by atoms with Gasteiger partial charge in [-0.1, -0.05) is 23.7 Å². The van der Waals surface area contributed by atoms with Crippen LogP contribution in [0.3, 0.4) is 0 Å². The fourth-order valence-electron chi connectivity index (χ4n) is 1.95. The van der Waals surface area contributed by atoms with E-state index in [2.05, 4.69) is 31.2 Å². The van der Waals surface area contributed by atoms with Crippen molar-refractivity contribution in [2.75, 3.05) is 0 Å². The molecule has 2 aromatic carbocycles. The summed E-state index contributed by atoms with van der Waals surface area (Å²) in [5.41, 5.74) is 1.29. The molecule has 96 valence electrons. The third-order valence-electron chi connectivity index (χ3n) is 2.92. The van der Waals surface area contributed by atoms with Crippen LogP contribution in [0, 0.1) is 6.92 Å². The molecule has 3 aromatic rings. The summed E-state index contributed by atoms with van der Waals surface area (Å²) < 4.78 is 7.07. The first-order valence-electron chi connectivity index (χ1n) is 6.08. The molecule has 0 saturated carbocycles. The van der Waals surface area contributed by atoms with Gasteiger partial charge in [0.1, 0.15) is 12.4 Å². The first-order valence-corrected chi connectivity index (χ1v) is 7.27. The van der Waals surface area contributed by atoms with E-state index < -0.39 is 0 Å². The minimum absolute atomic E-state index is 0.597. The van der Waals surface area contributed by atoms with Gasteiger partial charge in [-0.25, -0.2) is 0 Å². The predicted octanol–water partition coefficient (Wildman–Crippen LogP) is 5.44. The number of thiophene rings is 1. The quantitative estimate of drug-likeness (QED) is 0.623. The zero-order chi connectivity index (χ0) is 13.2. The second-order valence-corrected chi connectivity index (χ2v) is 6.10. The van der Waals surface area contributed by atoms with E-state index in [1.54, 1.807) is 11.3 Å². The lowest BCUT2D eigenvalue weighted by Gasteiger charge is -2.03. The molecule has 0 unspecified atom stereocenters. The largest absolute Gasteiger partial charge is 0.488 e. The van der Waals surface area contributed by atoms with Crippen molar-refractivity contribution in [1.82, 2.24) is 0 Å². The Bertz CT molecular complexity index is 700. The zero-order valence-electron chi connectivity index (χ0n) is 10.5. The average molecular weight is 289 g/mol. The molecule has 1 heterocycles. The molecule has 0 spiro atoms. The fourth-order valence-corrected chi connectivity index (χ4v) is 3.15. The second-order valence-electron chi connectivity index (χ2n) is 4.50. The van der Waals surface area contributed by atoms with Crippen LogP contribution in [0.4, 0.5) is 0 Å². The Balaban J connectivity index is 1.76. The van der Waals surface area contributed by atoms with Gasteiger partial charge in [-0.05, 0) is 54.3 Å². The number of hydrogen-bond acceptors (Lipinski definition) is 2. The fraction of sp³-hybridized carbons (Fsp3) is 0.125. The molecule has 19 heavy (non-hydrogen) atoms. The zero-order valence-corrected chi connectivity index (χ0v) is 12.1. The first-order chi connectivity index (χ1) is 9.20. The molecule has 0 radical (unpaired) electrons. The molecule has 3 heteroatoms.